The van der Waals surface area contributed by atoms with Gasteiger partial charge in [0.05, 0.1) is 30.0 Å². The molecule has 0 atom stereocenters. The van der Waals surface area contributed by atoms with Crippen molar-refractivity contribution in [2.45, 2.75) is 26.6 Å². The highest BCUT2D eigenvalue weighted by Gasteiger charge is 2.20. The molecule has 0 saturated heterocycles. The number of hydrogen-bond acceptors (Lipinski definition) is 6. The first-order valence-electron chi connectivity index (χ1n) is 8.90. The number of H-pyrrole nitrogens is 1. The molecule has 0 aliphatic heterocycles. The predicted octanol–water partition coefficient (Wildman–Crippen LogP) is 5.51. The Morgan fingerprint density at radius 1 is 1.21 bits per heavy atom. The summed E-state index contributed by atoms with van der Waals surface area (Å²) in [5, 5.41) is 6.15. The summed E-state index contributed by atoms with van der Waals surface area (Å²) < 4.78 is 15.9. The molecule has 0 bridgehead atoms. The minimum absolute atomic E-state index is 0.195. The van der Waals surface area contributed by atoms with Gasteiger partial charge in [0.25, 0.3) is 0 Å². The second-order valence-electron chi connectivity index (χ2n) is 6.65. The highest BCUT2D eigenvalue weighted by molar-refractivity contribution is 7.08. The van der Waals surface area contributed by atoms with Crippen LogP contribution in [0.4, 0.5) is 4.79 Å². The Morgan fingerprint density at radius 2 is 2.07 bits per heavy atom. The van der Waals surface area contributed by atoms with Gasteiger partial charge >= 0.3 is 6.16 Å². The molecule has 0 amide bonds. The van der Waals surface area contributed by atoms with E-state index in [0.29, 0.717) is 5.56 Å². The molecule has 0 spiro atoms. The van der Waals surface area contributed by atoms with Crippen molar-refractivity contribution in [3.8, 4) is 17.0 Å². The summed E-state index contributed by atoms with van der Waals surface area (Å²) in [6.45, 7) is 3.78. The SMILES string of the molecule is COCc1c(OC(=O)OC(C)C)ncc2[nH]c3cccc(-c4ccsc4)c3c12. The number of benzene rings is 1. The lowest BCUT2D eigenvalue weighted by Gasteiger charge is -2.12. The van der Waals surface area contributed by atoms with Gasteiger partial charge in [0.1, 0.15) is 0 Å². The fourth-order valence-corrected chi connectivity index (χ4v) is 3.96. The van der Waals surface area contributed by atoms with E-state index in [1.54, 1.807) is 38.5 Å². The first-order chi connectivity index (χ1) is 13.6. The molecule has 0 aliphatic carbocycles. The number of fused-ring (bicyclic) bond motifs is 3. The summed E-state index contributed by atoms with van der Waals surface area (Å²) in [6.07, 6.45) is 0.613. The summed E-state index contributed by atoms with van der Waals surface area (Å²) >= 11 is 1.65. The van der Waals surface area contributed by atoms with Gasteiger partial charge in [0.2, 0.25) is 5.88 Å². The molecule has 3 heterocycles. The van der Waals surface area contributed by atoms with E-state index in [9.17, 15) is 4.79 Å². The third-order valence-electron chi connectivity index (χ3n) is 4.36. The zero-order valence-electron chi connectivity index (χ0n) is 15.8. The number of aromatic amines is 1. The number of nitrogens with zero attached hydrogens (tertiary/aromatic N) is 1. The van der Waals surface area contributed by atoms with E-state index in [2.05, 4.69) is 32.9 Å². The monoisotopic (exact) mass is 396 g/mol. The van der Waals surface area contributed by atoms with Crippen LogP contribution in [0.25, 0.3) is 32.9 Å². The van der Waals surface area contributed by atoms with Gasteiger partial charge in [-0.3, -0.25) is 0 Å². The number of thiophene rings is 1. The molecule has 4 rings (SSSR count). The van der Waals surface area contributed by atoms with Crippen molar-refractivity contribution in [2.24, 2.45) is 0 Å². The van der Waals surface area contributed by atoms with Gasteiger partial charge in [-0.05, 0) is 47.9 Å². The van der Waals surface area contributed by atoms with Gasteiger partial charge in [-0.1, -0.05) is 12.1 Å². The second kappa shape index (κ2) is 7.61. The molecule has 0 fully saturated rings. The molecular weight excluding hydrogens is 376 g/mol. The van der Waals surface area contributed by atoms with Gasteiger partial charge in [0.15, 0.2) is 0 Å². The zero-order valence-corrected chi connectivity index (χ0v) is 16.6. The Kier molecular flexibility index (Phi) is 5.02. The lowest BCUT2D eigenvalue weighted by molar-refractivity contribution is 0.0705. The first kappa shape index (κ1) is 18.5. The van der Waals surface area contributed by atoms with E-state index in [-0.39, 0.29) is 18.6 Å². The molecule has 0 aliphatic rings. The molecule has 28 heavy (non-hydrogen) atoms. The maximum absolute atomic E-state index is 12.0. The van der Waals surface area contributed by atoms with Crippen LogP contribution in [-0.4, -0.2) is 29.3 Å². The van der Waals surface area contributed by atoms with Gasteiger partial charge in [-0.2, -0.15) is 11.3 Å². The van der Waals surface area contributed by atoms with Crippen LogP contribution in [0.15, 0.2) is 41.2 Å². The molecule has 1 aromatic carbocycles. The molecule has 0 unspecified atom stereocenters. The topological polar surface area (TPSA) is 73.4 Å². The summed E-state index contributed by atoms with van der Waals surface area (Å²) in [7, 11) is 1.60. The molecule has 6 nitrogen and oxygen atoms in total. The number of aromatic nitrogens is 2. The Morgan fingerprint density at radius 3 is 2.79 bits per heavy atom. The fraction of sp³-hybridized carbons (Fsp3) is 0.238. The Bertz CT molecular complexity index is 1130. The van der Waals surface area contributed by atoms with E-state index in [1.807, 2.05) is 12.1 Å². The third kappa shape index (κ3) is 3.34. The zero-order chi connectivity index (χ0) is 19.7. The smallest absolute Gasteiger partial charge is 0.431 e. The molecule has 4 aromatic rings. The Labute approximate surface area is 166 Å². The van der Waals surface area contributed by atoms with Crippen LogP contribution in [0.3, 0.4) is 0 Å². The molecule has 7 heteroatoms. The van der Waals surface area contributed by atoms with Crippen molar-refractivity contribution in [2.75, 3.05) is 7.11 Å². The van der Waals surface area contributed by atoms with Crippen molar-refractivity contribution in [3.63, 3.8) is 0 Å². The maximum atomic E-state index is 12.0. The molecular formula is C21H20N2O4S. The largest absolute Gasteiger partial charge is 0.515 e. The van der Waals surface area contributed by atoms with E-state index < -0.39 is 6.16 Å². The van der Waals surface area contributed by atoms with Crippen LogP contribution in [0.5, 0.6) is 5.88 Å². The second-order valence-corrected chi connectivity index (χ2v) is 7.43. The summed E-state index contributed by atoms with van der Waals surface area (Å²) in [5.74, 6) is 0.195. The third-order valence-corrected chi connectivity index (χ3v) is 5.04. The number of rotatable bonds is 5. The quantitative estimate of drug-likeness (QED) is 0.450. The van der Waals surface area contributed by atoms with Gasteiger partial charge in [0, 0.05) is 23.4 Å². The van der Waals surface area contributed by atoms with Crippen molar-refractivity contribution >= 4 is 39.3 Å². The molecule has 3 aromatic heterocycles. The predicted molar refractivity (Wildman–Crippen MR) is 110 cm³/mol. The number of carbonyl (C=O) groups is 1. The molecule has 0 saturated carbocycles. The van der Waals surface area contributed by atoms with Crippen LogP contribution in [0, 0.1) is 0 Å². The summed E-state index contributed by atoms with van der Waals surface area (Å²) in [6, 6.07) is 8.22. The molecule has 144 valence electrons. The average molecular weight is 396 g/mol. The standard InChI is InChI=1S/C21H20N2O4S/c1-12(2)26-21(24)27-20-15(10-25-3)19-17(9-22-20)23-16-6-4-5-14(18(16)19)13-7-8-28-11-13/h4-9,11-12,23H,10H2,1-3H3. The van der Waals surface area contributed by atoms with Crippen LogP contribution in [0.2, 0.25) is 0 Å². The number of methoxy groups -OCH3 is 1. The Hall–Kier alpha value is -2.90. The molecule has 1 N–H and O–H groups in total. The van der Waals surface area contributed by atoms with Crippen molar-refractivity contribution in [1.82, 2.24) is 9.97 Å². The minimum atomic E-state index is -0.780. The summed E-state index contributed by atoms with van der Waals surface area (Å²) in [4.78, 5) is 19.8. The van der Waals surface area contributed by atoms with E-state index in [0.717, 1.165) is 32.9 Å². The van der Waals surface area contributed by atoms with Crippen molar-refractivity contribution in [3.05, 3.63) is 46.8 Å². The van der Waals surface area contributed by atoms with Crippen molar-refractivity contribution < 1.29 is 19.0 Å². The van der Waals surface area contributed by atoms with Crippen LogP contribution in [0.1, 0.15) is 19.4 Å². The van der Waals surface area contributed by atoms with Gasteiger partial charge in [-0.15, -0.1) is 0 Å². The number of carbonyl (C=O) groups excluding carboxylic acids is 1. The lowest BCUT2D eigenvalue weighted by atomic mass is 10.00. The fourth-order valence-electron chi connectivity index (χ4n) is 3.31. The highest BCUT2D eigenvalue weighted by Crippen LogP contribution is 2.39. The van der Waals surface area contributed by atoms with Gasteiger partial charge < -0.3 is 19.2 Å². The first-order valence-corrected chi connectivity index (χ1v) is 9.85. The number of nitrogens with one attached hydrogen (secondary N) is 1. The maximum Gasteiger partial charge on any atom is 0.515 e. The van der Waals surface area contributed by atoms with Crippen LogP contribution in [-0.2, 0) is 16.1 Å². The molecule has 0 radical (unpaired) electrons. The number of hydrogen-bond donors (Lipinski definition) is 1. The summed E-state index contributed by atoms with van der Waals surface area (Å²) in [5.41, 5.74) is 4.78. The van der Waals surface area contributed by atoms with E-state index >= 15 is 0 Å². The Balaban J connectivity index is 1.95. The van der Waals surface area contributed by atoms with E-state index in [4.69, 9.17) is 14.2 Å². The normalized spacial score (nSPS) is 11.4. The average Bonchev–Trinajstić information content (AvgIpc) is 3.30. The van der Waals surface area contributed by atoms with Crippen molar-refractivity contribution in [1.29, 1.82) is 0 Å². The number of pyridine rings is 1. The lowest BCUT2D eigenvalue weighted by Crippen LogP contribution is -2.17. The minimum Gasteiger partial charge on any atom is -0.431 e. The van der Waals surface area contributed by atoms with Crippen LogP contribution < -0.4 is 4.74 Å². The highest BCUT2D eigenvalue weighted by atomic mass is 32.1. The van der Waals surface area contributed by atoms with Gasteiger partial charge in [-0.25, -0.2) is 9.78 Å². The van der Waals surface area contributed by atoms with E-state index in [1.165, 1.54) is 0 Å². The number of ether oxygens (including phenoxy) is 3. The van der Waals surface area contributed by atoms with Crippen LogP contribution >= 0.6 is 11.3 Å².